The second kappa shape index (κ2) is 7.81. The minimum atomic E-state index is 0.229. The second-order valence-electron chi connectivity index (χ2n) is 6.12. The van der Waals surface area contributed by atoms with E-state index in [1.807, 2.05) is 55.6 Å². The predicted molar refractivity (Wildman–Crippen MR) is 101 cm³/mol. The van der Waals surface area contributed by atoms with Gasteiger partial charge in [0.05, 0.1) is 6.67 Å². The van der Waals surface area contributed by atoms with Crippen LogP contribution in [0.1, 0.15) is 0 Å². The zero-order valence-electron chi connectivity index (χ0n) is 14.8. The van der Waals surface area contributed by atoms with Crippen LogP contribution < -0.4 is 14.2 Å². The van der Waals surface area contributed by atoms with Gasteiger partial charge in [-0.1, -0.05) is 18.2 Å². The van der Waals surface area contributed by atoms with Crippen molar-refractivity contribution in [1.29, 1.82) is 0 Å². The number of rotatable bonds is 7. The van der Waals surface area contributed by atoms with E-state index in [0.717, 1.165) is 23.6 Å². The Labute approximate surface area is 161 Å². The molecule has 27 heavy (non-hydrogen) atoms. The summed E-state index contributed by atoms with van der Waals surface area (Å²) >= 11 is 5.30. The van der Waals surface area contributed by atoms with Crippen LogP contribution in [-0.4, -0.2) is 41.7 Å². The lowest BCUT2D eigenvalue weighted by atomic mass is 10.2. The van der Waals surface area contributed by atoms with Gasteiger partial charge < -0.3 is 18.6 Å². The molecule has 0 atom stereocenters. The molecule has 3 aromatic rings. The van der Waals surface area contributed by atoms with Crippen molar-refractivity contribution in [2.24, 2.45) is 0 Å². The maximum absolute atomic E-state index is 5.72. The number of fused-ring (bicyclic) bond motifs is 1. The summed E-state index contributed by atoms with van der Waals surface area (Å²) in [6, 6.07) is 15.3. The Morgan fingerprint density at radius 2 is 1.96 bits per heavy atom. The SMILES string of the molecule is CN(CCOc1ccccc1)Cn1nc(-c2ccc3c(c2)OCO3)oc1=S. The molecule has 2 aromatic carbocycles. The van der Waals surface area contributed by atoms with Crippen LogP contribution in [0.15, 0.2) is 52.9 Å². The first-order chi connectivity index (χ1) is 13.2. The molecule has 0 radical (unpaired) electrons. The van der Waals surface area contributed by atoms with E-state index >= 15 is 0 Å². The van der Waals surface area contributed by atoms with E-state index < -0.39 is 0 Å². The smallest absolute Gasteiger partial charge is 0.288 e. The van der Waals surface area contributed by atoms with Crippen LogP contribution in [0, 0.1) is 4.84 Å². The molecule has 0 unspecified atom stereocenters. The summed E-state index contributed by atoms with van der Waals surface area (Å²) in [5.74, 6) is 2.70. The number of hydrogen-bond acceptors (Lipinski definition) is 7. The Hall–Kier alpha value is -2.84. The van der Waals surface area contributed by atoms with Gasteiger partial charge in [0, 0.05) is 12.1 Å². The molecule has 7 nitrogen and oxygen atoms in total. The molecule has 2 heterocycles. The summed E-state index contributed by atoms with van der Waals surface area (Å²) in [6.45, 7) is 2.03. The van der Waals surface area contributed by atoms with E-state index in [1.54, 1.807) is 4.68 Å². The van der Waals surface area contributed by atoms with Gasteiger partial charge in [-0.05, 0) is 49.6 Å². The number of ether oxygens (including phenoxy) is 3. The lowest BCUT2D eigenvalue weighted by Crippen LogP contribution is -2.27. The molecule has 1 aromatic heterocycles. The van der Waals surface area contributed by atoms with Gasteiger partial charge in [-0.15, -0.1) is 5.10 Å². The number of likely N-dealkylation sites (N-methyl/N-ethyl adjacent to an activating group) is 1. The highest BCUT2D eigenvalue weighted by Crippen LogP contribution is 2.35. The van der Waals surface area contributed by atoms with Crippen LogP contribution in [-0.2, 0) is 6.67 Å². The van der Waals surface area contributed by atoms with Crippen LogP contribution in [0.4, 0.5) is 0 Å². The molecule has 0 fully saturated rings. The molecule has 0 spiro atoms. The van der Waals surface area contributed by atoms with Crippen molar-refractivity contribution in [2.75, 3.05) is 27.0 Å². The lowest BCUT2D eigenvalue weighted by Gasteiger charge is -2.16. The number of hydrogen-bond donors (Lipinski definition) is 0. The molecule has 1 aliphatic rings. The number of nitrogens with zero attached hydrogens (tertiary/aromatic N) is 3. The highest BCUT2D eigenvalue weighted by atomic mass is 32.1. The molecule has 0 bridgehead atoms. The normalized spacial score (nSPS) is 12.5. The topological polar surface area (TPSA) is 61.9 Å². The molecular weight excluding hydrogens is 366 g/mol. The second-order valence-corrected chi connectivity index (χ2v) is 6.47. The first-order valence-electron chi connectivity index (χ1n) is 8.53. The van der Waals surface area contributed by atoms with Crippen molar-refractivity contribution < 1.29 is 18.6 Å². The van der Waals surface area contributed by atoms with Crippen molar-refractivity contribution in [3.8, 4) is 28.7 Å². The summed E-state index contributed by atoms with van der Waals surface area (Å²) in [5.41, 5.74) is 0.791. The van der Waals surface area contributed by atoms with Gasteiger partial charge in [-0.3, -0.25) is 4.90 Å². The molecule has 0 saturated carbocycles. The molecule has 0 aliphatic carbocycles. The van der Waals surface area contributed by atoms with Gasteiger partial charge in [0.15, 0.2) is 11.5 Å². The Morgan fingerprint density at radius 1 is 1.15 bits per heavy atom. The zero-order valence-corrected chi connectivity index (χ0v) is 15.6. The van der Waals surface area contributed by atoms with Crippen molar-refractivity contribution >= 4 is 12.2 Å². The van der Waals surface area contributed by atoms with E-state index in [0.29, 0.717) is 29.8 Å². The number of benzene rings is 2. The standard InChI is InChI=1S/C19H19N3O4S/c1-21(9-10-23-15-5-3-2-4-6-15)12-22-19(27)26-18(20-22)14-7-8-16-17(11-14)25-13-24-16/h2-8,11H,9-10,12-13H2,1H3. The molecule has 8 heteroatoms. The zero-order chi connectivity index (χ0) is 18.6. The quantitative estimate of drug-likeness (QED) is 0.576. The average molecular weight is 385 g/mol. The predicted octanol–water partition coefficient (Wildman–Crippen LogP) is 3.57. The monoisotopic (exact) mass is 385 g/mol. The maximum atomic E-state index is 5.72. The maximum Gasteiger partial charge on any atom is 0.288 e. The minimum absolute atomic E-state index is 0.229. The van der Waals surface area contributed by atoms with E-state index in [2.05, 4.69) is 10.00 Å². The lowest BCUT2D eigenvalue weighted by molar-refractivity contribution is 0.174. The van der Waals surface area contributed by atoms with Crippen molar-refractivity contribution in [3.63, 3.8) is 0 Å². The van der Waals surface area contributed by atoms with Crippen molar-refractivity contribution in [3.05, 3.63) is 53.4 Å². The van der Waals surface area contributed by atoms with Crippen LogP contribution in [0.3, 0.4) is 0 Å². The highest BCUT2D eigenvalue weighted by molar-refractivity contribution is 7.71. The summed E-state index contributed by atoms with van der Waals surface area (Å²) in [4.78, 5) is 2.38. The number of para-hydroxylation sites is 1. The third kappa shape index (κ3) is 4.12. The molecule has 0 N–H and O–H groups in total. The largest absolute Gasteiger partial charge is 0.492 e. The summed E-state index contributed by atoms with van der Waals surface area (Å²) in [7, 11) is 1.98. The van der Waals surface area contributed by atoms with Crippen molar-refractivity contribution in [2.45, 2.75) is 6.67 Å². The molecule has 0 saturated heterocycles. The molecule has 1 aliphatic heterocycles. The van der Waals surface area contributed by atoms with Crippen LogP contribution >= 0.6 is 12.2 Å². The average Bonchev–Trinajstić information content (AvgIpc) is 3.29. The molecule has 0 amide bonds. The van der Waals surface area contributed by atoms with Gasteiger partial charge >= 0.3 is 0 Å². The van der Waals surface area contributed by atoms with E-state index in [1.165, 1.54) is 0 Å². The first-order valence-corrected chi connectivity index (χ1v) is 8.94. The van der Waals surface area contributed by atoms with Gasteiger partial charge in [0.1, 0.15) is 12.4 Å². The van der Waals surface area contributed by atoms with Crippen LogP contribution in [0.2, 0.25) is 0 Å². The Kier molecular flexibility index (Phi) is 5.08. The summed E-state index contributed by atoms with van der Waals surface area (Å²) in [5, 5.41) is 4.48. The Balaban J connectivity index is 1.37. The van der Waals surface area contributed by atoms with Crippen LogP contribution in [0.25, 0.3) is 11.5 Å². The molecule has 140 valence electrons. The fourth-order valence-electron chi connectivity index (χ4n) is 2.68. The van der Waals surface area contributed by atoms with Crippen molar-refractivity contribution in [1.82, 2.24) is 14.7 Å². The fraction of sp³-hybridized carbons (Fsp3) is 0.263. The Morgan fingerprint density at radius 3 is 2.81 bits per heavy atom. The van der Waals surface area contributed by atoms with Gasteiger partial charge in [-0.2, -0.15) is 0 Å². The van der Waals surface area contributed by atoms with E-state index in [9.17, 15) is 0 Å². The Bertz CT molecular complexity index is 971. The van der Waals surface area contributed by atoms with E-state index in [-0.39, 0.29) is 6.79 Å². The summed E-state index contributed by atoms with van der Waals surface area (Å²) < 4.78 is 23.7. The van der Waals surface area contributed by atoms with Gasteiger partial charge in [0.25, 0.3) is 4.84 Å². The third-order valence-electron chi connectivity index (χ3n) is 4.09. The van der Waals surface area contributed by atoms with E-state index in [4.69, 9.17) is 30.8 Å². The first kappa shape index (κ1) is 17.6. The van der Waals surface area contributed by atoms with Gasteiger partial charge in [0.2, 0.25) is 12.7 Å². The molecule has 4 rings (SSSR count). The fourth-order valence-corrected chi connectivity index (χ4v) is 2.85. The third-order valence-corrected chi connectivity index (χ3v) is 4.38. The number of aromatic nitrogens is 2. The summed E-state index contributed by atoms with van der Waals surface area (Å²) in [6.07, 6.45) is 0. The van der Waals surface area contributed by atoms with Crippen LogP contribution in [0.5, 0.6) is 17.2 Å². The highest BCUT2D eigenvalue weighted by Gasteiger charge is 2.17. The molecular formula is C19H19N3O4S. The van der Waals surface area contributed by atoms with Gasteiger partial charge in [-0.25, -0.2) is 4.68 Å². The minimum Gasteiger partial charge on any atom is -0.492 e.